The summed E-state index contributed by atoms with van der Waals surface area (Å²) >= 11 is 0. The van der Waals surface area contributed by atoms with Gasteiger partial charge in [0.2, 0.25) is 0 Å². The largest absolute Gasteiger partial charge is 0.155 e. The molecule has 0 bridgehead atoms. The van der Waals surface area contributed by atoms with Crippen LogP contribution < -0.4 is 0 Å². The van der Waals surface area contributed by atoms with Gasteiger partial charge in [-0.3, -0.25) is 0 Å². The van der Waals surface area contributed by atoms with Crippen molar-refractivity contribution in [1.82, 2.24) is 10.2 Å². The number of fused-ring (bicyclic) bond motifs is 3. The molecule has 0 aliphatic heterocycles. The molecule has 0 radical (unpaired) electrons. The molecule has 1 aromatic heterocycles. The van der Waals surface area contributed by atoms with E-state index in [1.165, 1.54) is 38.1 Å². The van der Waals surface area contributed by atoms with E-state index in [1.807, 2.05) is 6.92 Å². The second-order valence-corrected chi connectivity index (χ2v) is 7.45. The summed E-state index contributed by atoms with van der Waals surface area (Å²) in [7, 11) is 0. The van der Waals surface area contributed by atoms with E-state index in [0.29, 0.717) is 0 Å². The lowest BCUT2D eigenvalue weighted by Gasteiger charge is -2.11. The van der Waals surface area contributed by atoms with Crippen LogP contribution in [0.1, 0.15) is 16.8 Å². The molecular weight excluding hydrogens is 328 g/mol. The fraction of sp³-hybridized carbons (Fsp3) is 0.120. The van der Waals surface area contributed by atoms with Gasteiger partial charge in [0, 0.05) is 16.3 Å². The summed E-state index contributed by atoms with van der Waals surface area (Å²) in [6.45, 7) is 6.29. The maximum atomic E-state index is 4.58. The van der Waals surface area contributed by atoms with Gasteiger partial charge in [0.1, 0.15) is 5.69 Å². The number of hydrogen-bond acceptors (Lipinski definition) is 2. The molecule has 0 spiro atoms. The third-order valence-corrected chi connectivity index (χ3v) is 5.28. The summed E-state index contributed by atoms with van der Waals surface area (Å²) in [5, 5.41) is 16.4. The minimum absolute atomic E-state index is 0.956. The Morgan fingerprint density at radius 1 is 0.556 bits per heavy atom. The predicted molar refractivity (Wildman–Crippen MR) is 114 cm³/mol. The first-order valence-electron chi connectivity index (χ1n) is 9.27. The molecule has 2 nitrogen and oxygen atoms in total. The molecule has 0 amide bonds. The Morgan fingerprint density at radius 2 is 1.15 bits per heavy atom. The SMILES string of the molecule is Cc1cc(C)cc(-c2nnc(C)c3cc4cc5ccccc5cc4cc23)c1. The van der Waals surface area contributed by atoms with Gasteiger partial charge >= 0.3 is 0 Å². The summed E-state index contributed by atoms with van der Waals surface area (Å²) < 4.78 is 0. The van der Waals surface area contributed by atoms with Crippen molar-refractivity contribution in [2.24, 2.45) is 0 Å². The molecular formula is C25H20N2. The number of aromatic nitrogens is 2. The highest BCUT2D eigenvalue weighted by atomic mass is 15.1. The van der Waals surface area contributed by atoms with Crippen molar-refractivity contribution < 1.29 is 0 Å². The molecule has 0 saturated heterocycles. The van der Waals surface area contributed by atoms with E-state index < -0.39 is 0 Å². The topological polar surface area (TPSA) is 25.8 Å². The maximum Gasteiger partial charge on any atom is 0.101 e. The van der Waals surface area contributed by atoms with Gasteiger partial charge in [0.15, 0.2) is 0 Å². The highest BCUT2D eigenvalue weighted by molar-refractivity contribution is 6.08. The predicted octanol–water partition coefficient (Wildman–Crippen LogP) is 6.53. The molecule has 4 aromatic carbocycles. The molecule has 0 aliphatic carbocycles. The lowest BCUT2D eigenvalue weighted by molar-refractivity contribution is 1.01. The van der Waals surface area contributed by atoms with Gasteiger partial charge in [0.25, 0.3) is 0 Å². The fourth-order valence-electron chi connectivity index (χ4n) is 4.04. The maximum absolute atomic E-state index is 4.58. The molecule has 5 aromatic rings. The summed E-state index contributed by atoms with van der Waals surface area (Å²) in [6, 6.07) is 24.1. The van der Waals surface area contributed by atoms with Crippen LogP contribution in [0, 0.1) is 20.8 Å². The average molecular weight is 348 g/mol. The second-order valence-electron chi connectivity index (χ2n) is 7.45. The van der Waals surface area contributed by atoms with Gasteiger partial charge in [-0.2, -0.15) is 5.10 Å². The molecule has 130 valence electrons. The van der Waals surface area contributed by atoms with E-state index >= 15 is 0 Å². The minimum atomic E-state index is 0.956. The quantitative estimate of drug-likeness (QED) is 0.322. The molecule has 0 saturated carbocycles. The summed E-state index contributed by atoms with van der Waals surface area (Å²) in [5.74, 6) is 0. The third-order valence-electron chi connectivity index (χ3n) is 5.28. The molecule has 0 unspecified atom stereocenters. The van der Waals surface area contributed by atoms with Gasteiger partial charge in [-0.05, 0) is 78.7 Å². The lowest BCUT2D eigenvalue weighted by Crippen LogP contribution is -1.95. The van der Waals surface area contributed by atoms with Crippen LogP contribution >= 0.6 is 0 Å². The molecule has 0 fully saturated rings. The van der Waals surface area contributed by atoms with E-state index in [1.54, 1.807) is 0 Å². The second kappa shape index (κ2) is 5.88. The molecule has 1 heterocycles. The third kappa shape index (κ3) is 2.65. The first-order valence-corrected chi connectivity index (χ1v) is 9.27. The van der Waals surface area contributed by atoms with Gasteiger partial charge in [-0.15, -0.1) is 5.10 Å². The first-order chi connectivity index (χ1) is 13.1. The molecule has 0 N–H and O–H groups in total. The average Bonchev–Trinajstić information content (AvgIpc) is 2.64. The summed E-state index contributed by atoms with van der Waals surface area (Å²) in [6.07, 6.45) is 0. The van der Waals surface area contributed by atoms with Crippen LogP contribution in [0.4, 0.5) is 0 Å². The fourth-order valence-corrected chi connectivity index (χ4v) is 4.04. The van der Waals surface area contributed by atoms with Gasteiger partial charge in [0.05, 0.1) is 5.69 Å². The Labute approximate surface area is 158 Å². The van der Waals surface area contributed by atoms with E-state index in [9.17, 15) is 0 Å². The molecule has 5 rings (SSSR count). The van der Waals surface area contributed by atoms with Crippen LogP contribution in [0.2, 0.25) is 0 Å². The van der Waals surface area contributed by atoms with Crippen LogP contribution in [-0.2, 0) is 0 Å². The summed E-state index contributed by atoms with van der Waals surface area (Å²) in [4.78, 5) is 0. The standard InChI is InChI=1S/C25H20N2/c1-15-8-16(2)10-22(9-15)25-24-14-21-12-19-7-5-4-6-18(19)11-20(21)13-23(24)17(3)26-27-25/h4-14H,1-3H3. The Balaban J connectivity index is 1.88. The Kier molecular flexibility index (Phi) is 3.48. The zero-order valence-corrected chi connectivity index (χ0v) is 15.7. The van der Waals surface area contributed by atoms with E-state index in [4.69, 9.17) is 0 Å². The van der Waals surface area contributed by atoms with Crippen molar-refractivity contribution in [3.8, 4) is 11.3 Å². The zero-order valence-electron chi connectivity index (χ0n) is 15.7. The molecule has 0 atom stereocenters. The lowest BCUT2D eigenvalue weighted by atomic mass is 9.96. The van der Waals surface area contributed by atoms with Crippen molar-refractivity contribution in [2.75, 3.05) is 0 Å². The molecule has 2 heteroatoms. The van der Waals surface area contributed by atoms with Crippen LogP contribution in [-0.4, -0.2) is 10.2 Å². The van der Waals surface area contributed by atoms with Crippen LogP contribution in [0.25, 0.3) is 43.6 Å². The van der Waals surface area contributed by atoms with Gasteiger partial charge in [-0.25, -0.2) is 0 Å². The Morgan fingerprint density at radius 3 is 1.78 bits per heavy atom. The highest BCUT2D eigenvalue weighted by Crippen LogP contribution is 2.33. The number of nitrogens with zero attached hydrogens (tertiary/aromatic N) is 2. The van der Waals surface area contributed by atoms with Crippen molar-refractivity contribution in [1.29, 1.82) is 0 Å². The number of hydrogen-bond donors (Lipinski definition) is 0. The van der Waals surface area contributed by atoms with E-state index in [2.05, 4.69) is 90.8 Å². The van der Waals surface area contributed by atoms with E-state index in [0.717, 1.165) is 22.3 Å². The van der Waals surface area contributed by atoms with Crippen LogP contribution in [0.15, 0.2) is 66.7 Å². The normalized spacial score (nSPS) is 11.5. The van der Waals surface area contributed by atoms with Crippen molar-refractivity contribution in [3.63, 3.8) is 0 Å². The van der Waals surface area contributed by atoms with Crippen molar-refractivity contribution in [3.05, 3.63) is 83.6 Å². The van der Waals surface area contributed by atoms with Crippen molar-refractivity contribution >= 4 is 32.3 Å². The van der Waals surface area contributed by atoms with E-state index in [-0.39, 0.29) is 0 Å². The number of aryl methyl sites for hydroxylation is 3. The Hall–Kier alpha value is -3.26. The number of rotatable bonds is 1. The molecule has 27 heavy (non-hydrogen) atoms. The van der Waals surface area contributed by atoms with Crippen molar-refractivity contribution in [2.45, 2.75) is 20.8 Å². The summed E-state index contributed by atoms with van der Waals surface area (Å²) in [5.41, 5.74) is 5.54. The van der Waals surface area contributed by atoms with Gasteiger partial charge in [-0.1, -0.05) is 41.5 Å². The molecule has 0 aliphatic rings. The highest BCUT2D eigenvalue weighted by Gasteiger charge is 2.12. The minimum Gasteiger partial charge on any atom is -0.155 e. The smallest absolute Gasteiger partial charge is 0.101 e. The monoisotopic (exact) mass is 348 g/mol. The Bertz CT molecular complexity index is 1330. The van der Waals surface area contributed by atoms with Crippen LogP contribution in [0.3, 0.4) is 0 Å². The van der Waals surface area contributed by atoms with Gasteiger partial charge < -0.3 is 0 Å². The first kappa shape index (κ1) is 16.0. The number of benzene rings is 4. The zero-order chi connectivity index (χ0) is 18.5. The van der Waals surface area contributed by atoms with Crippen LogP contribution in [0.5, 0.6) is 0 Å².